The van der Waals surface area contributed by atoms with Crippen molar-refractivity contribution in [3.63, 3.8) is 0 Å². The number of aliphatic carboxylic acids is 1. The zero-order valence-corrected chi connectivity index (χ0v) is 12.5. The highest BCUT2D eigenvalue weighted by Crippen LogP contribution is 2.41. The average Bonchev–Trinajstić information content (AvgIpc) is 2.85. The molecular formula is C13H18ClN3O3. The molecule has 1 aromatic rings. The molecule has 1 aliphatic rings. The van der Waals surface area contributed by atoms with Crippen LogP contribution in [0.4, 0.5) is 5.82 Å². The van der Waals surface area contributed by atoms with E-state index in [1.54, 1.807) is 0 Å². The van der Waals surface area contributed by atoms with Gasteiger partial charge in [0.25, 0.3) is 0 Å². The van der Waals surface area contributed by atoms with E-state index >= 15 is 0 Å². The zero-order valence-electron chi connectivity index (χ0n) is 11.8. The number of carboxylic acids is 1. The molecule has 110 valence electrons. The first-order valence-electron chi connectivity index (χ1n) is 6.45. The van der Waals surface area contributed by atoms with Crippen LogP contribution in [0.25, 0.3) is 0 Å². The van der Waals surface area contributed by atoms with Crippen LogP contribution in [0.15, 0.2) is 6.20 Å². The molecule has 1 unspecified atom stereocenters. The Hall–Kier alpha value is -1.56. The number of nitrogens with zero attached hydrogens (tertiary/aromatic N) is 3. The second-order valence-corrected chi connectivity index (χ2v) is 5.72. The number of rotatable bonds is 4. The van der Waals surface area contributed by atoms with Crippen molar-refractivity contribution in [3.05, 3.63) is 11.2 Å². The molecule has 2 rings (SSSR count). The van der Waals surface area contributed by atoms with Crippen LogP contribution < -0.4 is 9.64 Å². The predicted octanol–water partition coefficient (Wildman–Crippen LogP) is 2.08. The Balaban J connectivity index is 2.31. The maximum atomic E-state index is 11.6. The van der Waals surface area contributed by atoms with Gasteiger partial charge in [0.15, 0.2) is 5.82 Å². The van der Waals surface area contributed by atoms with Gasteiger partial charge in [-0.2, -0.15) is 4.98 Å². The molecule has 6 nitrogen and oxygen atoms in total. The number of halogens is 1. The first kappa shape index (κ1) is 14.8. The molecule has 20 heavy (non-hydrogen) atoms. The molecule has 0 bridgehead atoms. The molecule has 0 amide bonds. The summed E-state index contributed by atoms with van der Waals surface area (Å²) in [5, 5.41) is 9.95. The summed E-state index contributed by atoms with van der Waals surface area (Å²) in [6, 6.07) is 0.224. The van der Waals surface area contributed by atoms with Crippen LogP contribution in [-0.4, -0.2) is 41.2 Å². The number of carbonyl (C=O) groups is 1. The Morgan fingerprint density at radius 3 is 2.80 bits per heavy atom. The van der Waals surface area contributed by atoms with Crippen molar-refractivity contribution in [2.24, 2.45) is 11.3 Å². The van der Waals surface area contributed by atoms with Gasteiger partial charge in [0.2, 0.25) is 0 Å². The molecule has 1 fully saturated rings. The Morgan fingerprint density at radius 1 is 1.60 bits per heavy atom. The van der Waals surface area contributed by atoms with E-state index in [1.165, 1.54) is 13.3 Å². The summed E-state index contributed by atoms with van der Waals surface area (Å²) in [5.74, 6) is -0.207. The second-order valence-electron chi connectivity index (χ2n) is 5.32. The van der Waals surface area contributed by atoms with E-state index in [0.717, 1.165) is 0 Å². The molecule has 1 N–H and O–H groups in total. The lowest BCUT2D eigenvalue weighted by molar-refractivity contribution is -0.150. The number of ether oxygens (including phenoxy) is 1. The minimum atomic E-state index is -0.771. The van der Waals surface area contributed by atoms with Gasteiger partial charge in [0.1, 0.15) is 5.02 Å². The smallest absolute Gasteiger partial charge is 0.318 e. The lowest BCUT2D eigenvalue weighted by Crippen LogP contribution is -2.39. The van der Waals surface area contributed by atoms with E-state index in [-0.39, 0.29) is 11.9 Å². The summed E-state index contributed by atoms with van der Waals surface area (Å²) in [5.41, 5.74) is -0.762. The van der Waals surface area contributed by atoms with Gasteiger partial charge in [-0.3, -0.25) is 4.79 Å². The van der Waals surface area contributed by atoms with E-state index in [0.29, 0.717) is 30.4 Å². The maximum absolute atomic E-state index is 11.6. The van der Waals surface area contributed by atoms with Gasteiger partial charge in [-0.1, -0.05) is 25.4 Å². The van der Waals surface area contributed by atoms with Gasteiger partial charge in [0, 0.05) is 13.1 Å². The second kappa shape index (κ2) is 5.44. The molecule has 0 aromatic carbocycles. The van der Waals surface area contributed by atoms with Crippen LogP contribution in [0.5, 0.6) is 6.01 Å². The summed E-state index contributed by atoms with van der Waals surface area (Å²) in [6.45, 7) is 4.85. The molecule has 1 atom stereocenters. The molecule has 1 aromatic heterocycles. The van der Waals surface area contributed by atoms with Crippen molar-refractivity contribution in [3.8, 4) is 6.01 Å². The highest BCUT2D eigenvalue weighted by Gasteiger charge is 2.48. The summed E-state index contributed by atoms with van der Waals surface area (Å²) in [7, 11) is 1.48. The minimum absolute atomic E-state index is 0.0347. The van der Waals surface area contributed by atoms with E-state index in [1.807, 2.05) is 18.7 Å². The highest BCUT2D eigenvalue weighted by molar-refractivity contribution is 6.32. The fraction of sp³-hybridized carbons (Fsp3) is 0.615. The van der Waals surface area contributed by atoms with Gasteiger partial charge in [0.05, 0.1) is 18.7 Å². The fourth-order valence-corrected chi connectivity index (χ4v) is 2.78. The third-order valence-corrected chi connectivity index (χ3v) is 4.28. The van der Waals surface area contributed by atoms with Gasteiger partial charge in [-0.25, -0.2) is 4.98 Å². The first-order valence-corrected chi connectivity index (χ1v) is 6.83. The van der Waals surface area contributed by atoms with Crippen molar-refractivity contribution in [2.45, 2.75) is 20.3 Å². The van der Waals surface area contributed by atoms with Crippen molar-refractivity contribution in [1.82, 2.24) is 9.97 Å². The van der Waals surface area contributed by atoms with Gasteiger partial charge < -0.3 is 14.7 Å². The van der Waals surface area contributed by atoms with Crippen molar-refractivity contribution in [2.75, 3.05) is 25.1 Å². The summed E-state index contributed by atoms with van der Waals surface area (Å²) < 4.78 is 4.99. The average molecular weight is 300 g/mol. The molecule has 0 radical (unpaired) electrons. The molecule has 1 saturated heterocycles. The van der Waals surface area contributed by atoms with Crippen LogP contribution >= 0.6 is 11.6 Å². The minimum Gasteiger partial charge on any atom is -0.481 e. The standard InChI is InChI=1S/C13H18ClN3O3/c1-8(2)13(11(18)19)4-5-17(7-13)10-9(14)6-15-12(16-10)20-3/h6,8H,4-5,7H2,1-3H3,(H,18,19). The number of hydrogen-bond acceptors (Lipinski definition) is 5. The van der Waals surface area contributed by atoms with E-state index in [9.17, 15) is 9.90 Å². The SMILES string of the molecule is COc1ncc(Cl)c(N2CCC(C(=O)O)(C(C)C)C2)n1. The maximum Gasteiger partial charge on any atom is 0.318 e. The number of aromatic nitrogens is 2. The first-order chi connectivity index (χ1) is 9.40. The third-order valence-electron chi connectivity index (χ3n) is 4.02. The van der Waals surface area contributed by atoms with Crippen LogP contribution in [0.2, 0.25) is 5.02 Å². The number of carboxylic acid groups (broad SMARTS) is 1. The van der Waals surface area contributed by atoms with Gasteiger partial charge >= 0.3 is 12.0 Å². The van der Waals surface area contributed by atoms with Crippen LogP contribution in [-0.2, 0) is 4.79 Å². The largest absolute Gasteiger partial charge is 0.481 e. The molecular weight excluding hydrogens is 282 g/mol. The lowest BCUT2D eigenvalue weighted by Gasteiger charge is -2.29. The molecule has 7 heteroatoms. The molecule has 0 spiro atoms. The Kier molecular flexibility index (Phi) is 4.04. The van der Waals surface area contributed by atoms with E-state index < -0.39 is 11.4 Å². The van der Waals surface area contributed by atoms with Crippen molar-refractivity contribution in [1.29, 1.82) is 0 Å². The van der Waals surface area contributed by atoms with Crippen LogP contribution in [0.3, 0.4) is 0 Å². The van der Waals surface area contributed by atoms with E-state index in [2.05, 4.69) is 9.97 Å². The predicted molar refractivity (Wildman–Crippen MR) is 75.3 cm³/mol. The fourth-order valence-electron chi connectivity index (χ4n) is 2.57. The summed E-state index contributed by atoms with van der Waals surface area (Å²) in [4.78, 5) is 21.7. The van der Waals surface area contributed by atoms with Crippen molar-refractivity contribution >= 4 is 23.4 Å². The normalized spacial score (nSPS) is 22.4. The Bertz CT molecular complexity index is 524. The monoisotopic (exact) mass is 299 g/mol. The quantitative estimate of drug-likeness (QED) is 0.917. The highest BCUT2D eigenvalue weighted by atomic mass is 35.5. The molecule has 0 saturated carbocycles. The van der Waals surface area contributed by atoms with Crippen molar-refractivity contribution < 1.29 is 14.6 Å². The Morgan fingerprint density at radius 2 is 2.30 bits per heavy atom. The topological polar surface area (TPSA) is 75.5 Å². The summed E-state index contributed by atoms with van der Waals surface area (Å²) in [6.07, 6.45) is 2.04. The number of hydrogen-bond donors (Lipinski definition) is 1. The molecule has 0 aliphatic carbocycles. The van der Waals surface area contributed by atoms with Crippen LogP contribution in [0, 0.1) is 11.3 Å². The third kappa shape index (κ3) is 2.40. The van der Waals surface area contributed by atoms with Gasteiger partial charge in [-0.05, 0) is 12.3 Å². The van der Waals surface area contributed by atoms with Gasteiger partial charge in [-0.15, -0.1) is 0 Å². The summed E-state index contributed by atoms with van der Waals surface area (Å²) >= 11 is 6.12. The Labute approximate surface area is 122 Å². The lowest BCUT2D eigenvalue weighted by atomic mass is 9.76. The van der Waals surface area contributed by atoms with Crippen LogP contribution in [0.1, 0.15) is 20.3 Å². The van der Waals surface area contributed by atoms with E-state index in [4.69, 9.17) is 16.3 Å². The molecule has 1 aliphatic heterocycles. The zero-order chi connectivity index (χ0) is 14.9. The molecule has 2 heterocycles. The number of anilines is 1. The number of methoxy groups -OCH3 is 1.